The summed E-state index contributed by atoms with van der Waals surface area (Å²) in [7, 11) is -3.93. The predicted octanol–water partition coefficient (Wildman–Crippen LogP) is 5.71. The highest BCUT2D eigenvalue weighted by atomic mass is 32.2. The second kappa shape index (κ2) is 10.8. The first-order valence-corrected chi connectivity index (χ1v) is 12.4. The van der Waals surface area contributed by atoms with E-state index in [0.29, 0.717) is 16.8 Å². The zero-order valence-electron chi connectivity index (χ0n) is 19.2. The minimum atomic E-state index is -3.93. The van der Waals surface area contributed by atoms with Gasteiger partial charge >= 0.3 is 0 Å². The first-order valence-electron chi connectivity index (χ1n) is 10.9. The second-order valence-electron chi connectivity index (χ2n) is 7.87. The molecule has 0 atom stereocenters. The van der Waals surface area contributed by atoms with Gasteiger partial charge in [0.05, 0.1) is 9.82 Å². The Hall–Kier alpha value is -4.83. The van der Waals surface area contributed by atoms with E-state index in [9.17, 15) is 27.7 Å². The van der Waals surface area contributed by atoms with Crippen molar-refractivity contribution in [3.63, 3.8) is 0 Å². The summed E-state index contributed by atoms with van der Waals surface area (Å²) in [4.78, 5) is 23.8. The van der Waals surface area contributed by atoms with Crippen LogP contribution >= 0.6 is 0 Å². The van der Waals surface area contributed by atoms with E-state index in [2.05, 4.69) is 10.0 Å². The first-order chi connectivity index (χ1) is 17.7. The highest BCUT2D eigenvalue weighted by molar-refractivity contribution is 7.92. The van der Waals surface area contributed by atoms with Gasteiger partial charge in [-0.3, -0.25) is 19.6 Å². The van der Waals surface area contributed by atoms with E-state index >= 15 is 0 Å². The molecule has 0 saturated heterocycles. The molecular formula is C27H20FN3O5S. The maximum atomic E-state index is 13.2. The van der Waals surface area contributed by atoms with Crippen LogP contribution in [0, 0.1) is 15.9 Å². The van der Waals surface area contributed by atoms with Crippen LogP contribution in [0.1, 0.15) is 11.1 Å². The molecule has 2 N–H and O–H groups in total. The average Bonchev–Trinajstić information content (AvgIpc) is 2.89. The van der Waals surface area contributed by atoms with Crippen molar-refractivity contribution in [2.24, 2.45) is 0 Å². The third-order valence-corrected chi connectivity index (χ3v) is 6.64. The number of benzene rings is 4. The Morgan fingerprint density at radius 2 is 1.49 bits per heavy atom. The molecule has 0 spiro atoms. The molecule has 10 heteroatoms. The molecule has 0 fully saturated rings. The van der Waals surface area contributed by atoms with Crippen LogP contribution in [-0.2, 0) is 14.8 Å². The second-order valence-corrected chi connectivity index (χ2v) is 9.55. The molecule has 186 valence electrons. The lowest BCUT2D eigenvalue weighted by Crippen LogP contribution is -2.15. The van der Waals surface area contributed by atoms with Gasteiger partial charge in [0.25, 0.3) is 21.6 Å². The maximum absolute atomic E-state index is 13.2. The largest absolute Gasteiger partial charge is 0.322 e. The zero-order chi connectivity index (χ0) is 26.4. The van der Waals surface area contributed by atoms with Gasteiger partial charge in [-0.25, -0.2) is 12.8 Å². The van der Waals surface area contributed by atoms with Crippen molar-refractivity contribution in [3.8, 4) is 0 Å². The molecule has 4 rings (SSSR count). The van der Waals surface area contributed by atoms with Gasteiger partial charge in [-0.1, -0.05) is 42.5 Å². The molecule has 37 heavy (non-hydrogen) atoms. The van der Waals surface area contributed by atoms with Gasteiger partial charge in [-0.15, -0.1) is 0 Å². The number of hydrogen-bond acceptors (Lipinski definition) is 5. The quantitative estimate of drug-likeness (QED) is 0.134. The number of rotatable bonds is 8. The van der Waals surface area contributed by atoms with E-state index < -0.39 is 26.7 Å². The number of nitrogens with zero attached hydrogens (tertiary/aromatic N) is 1. The zero-order valence-corrected chi connectivity index (χ0v) is 20.0. The van der Waals surface area contributed by atoms with Crippen molar-refractivity contribution >= 4 is 44.6 Å². The Morgan fingerprint density at radius 3 is 2.14 bits per heavy atom. The third kappa shape index (κ3) is 6.44. The summed E-state index contributed by atoms with van der Waals surface area (Å²) in [6.07, 6.45) is 1.54. The Bertz CT molecular complexity index is 1570. The molecule has 0 heterocycles. The Balaban J connectivity index is 1.57. The van der Waals surface area contributed by atoms with E-state index in [4.69, 9.17) is 0 Å². The highest BCUT2D eigenvalue weighted by Crippen LogP contribution is 2.24. The molecule has 0 aliphatic heterocycles. The normalized spacial score (nSPS) is 11.5. The van der Waals surface area contributed by atoms with Crippen LogP contribution in [0.5, 0.6) is 0 Å². The number of sulfonamides is 1. The topological polar surface area (TPSA) is 118 Å². The SMILES string of the molecule is O=C(Nc1ccc(S(=O)(=O)Nc2ccc(F)cc2)cc1)/C(=C/c1cccc([N+](=O)[O-])c1)c1ccccc1. The van der Waals surface area contributed by atoms with E-state index in [-0.39, 0.29) is 21.8 Å². The van der Waals surface area contributed by atoms with Crippen molar-refractivity contribution in [1.82, 2.24) is 0 Å². The fourth-order valence-electron chi connectivity index (χ4n) is 3.44. The van der Waals surface area contributed by atoms with Crippen molar-refractivity contribution in [3.05, 3.63) is 130 Å². The number of hydrogen-bond donors (Lipinski definition) is 2. The average molecular weight is 518 g/mol. The number of non-ortho nitro benzene ring substituents is 1. The molecular weight excluding hydrogens is 497 g/mol. The summed E-state index contributed by atoms with van der Waals surface area (Å²) in [6.45, 7) is 0. The Labute approximate surface area is 212 Å². The minimum absolute atomic E-state index is 0.0507. The molecule has 0 aliphatic rings. The Morgan fingerprint density at radius 1 is 0.838 bits per heavy atom. The lowest BCUT2D eigenvalue weighted by atomic mass is 10.0. The van der Waals surface area contributed by atoms with Crippen LogP contribution in [0.2, 0.25) is 0 Å². The van der Waals surface area contributed by atoms with Gasteiger partial charge in [0.2, 0.25) is 0 Å². The highest BCUT2D eigenvalue weighted by Gasteiger charge is 2.17. The van der Waals surface area contributed by atoms with Crippen LogP contribution in [0.4, 0.5) is 21.5 Å². The van der Waals surface area contributed by atoms with Crippen LogP contribution < -0.4 is 10.0 Å². The number of amides is 1. The number of nitro groups is 1. The van der Waals surface area contributed by atoms with Gasteiger partial charge in [0.1, 0.15) is 5.82 Å². The minimum Gasteiger partial charge on any atom is -0.322 e. The standard InChI is InChI=1S/C27H20FN3O5S/c28-21-9-11-23(12-10-21)30-37(35,36)25-15-13-22(14-16-25)29-27(32)26(20-6-2-1-3-7-20)18-19-5-4-8-24(17-19)31(33)34/h1-18,30H,(H,29,32)/b26-18+. The molecule has 0 aromatic heterocycles. The van der Waals surface area contributed by atoms with Crippen LogP contribution in [-0.4, -0.2) is 19.2 Å². The lowest BCUT2D eigenvalue weighted by Gasteiger charge is -2.11. The predicted molar refractivity (Wildman–Crippen MR) is 140 cm³/mol. The summed E-state index contributed by atoms with van der Waals surface area (Å²) in [6, 6.07) is 25.1. The molecule has 1 amide bonds. The summed E-state index contributed by atoms with van der Waals surface area (Å²) < 4.78 is 40.7. The lowest BCUT2D eigenvalue weighted by molar-refractivity contribution is -0.384. The summed E-state index contributed by atoms with van der Waals surface area (Å²) in [5, 5.41) is 13.9. The van der Waals surface area contributed by atoms with Crippen molar-refractivity contribution in [1.29, 1.82) is 0 Å². The van der Waals surface area contributed by atoms with Gasteiger partial charge in [-0.05, 0) is 65.7 Å². The summed E-state index contributed by atoms with van der Waals surface area (Å²) in [5.41, 5.74) is 1.76. The smallest absolute Gasteiger partial charge is 0.270 e. The first kappa shape index (κ1) is 25.3. The van der Waals surface area contributed by atoms with Gasteiger partial charge in [-0.2, -0.15) is 0 Å². The van der Waals surface area contributed by atoms with Gasteiger partial charge in [0, 0.05) is 29.1 Å². The van der Waals surface area contributed by atoms with E-state index in [1.54, 1.807) is 42.5 Å². The number of carbonyl (C=O) groups excluding carboxylic acids is 1. The molecule has 4 aromatic rings. The molecule has 4 aromatic carbocycles. The molecule has 8 nitrogen and oxygen atoms in total. The molecule has 0 aliphatic carbocycles. The van der Waals surface area contributed by atoms with E-state index in [1.165, 1.54) is 54.6 Å². The summed E-state index contributed by atoms with van der Waals surface area (Å²) >= 11 is 0. The number of carbonyl (C=O) groups is 1. The van der Waals surface area contributed by atoms with E-state index in [0.717, 1.165) is 12.1 Å². The number of nitro benzene ring substituents is 1. The number of nitrogens with one attached hydrogen (secondary N) is 2. The fraction of sp³-hybridized carbons (Fsp3) is 0. The van der Waals surface area contributed by atoms with Crippen molar-refractivity contribution < 1.29 is 22.5 Å². The Kier molecular flexibility index (Phi) is 7.40. The monoisotopic (exact) mass is 517 g/mol. The fourth-order valence-corrected chi connectivity index (χ4v) is 4.50. The summed E-state index contributed by atoms with van der Waals surface area (Å²) in [5.74, 6) is -0.977. The molecule has 0 radical (unpaired) electrons. The van der Waals surface area contributed by atoms with E-state index in [1.807, 2.05) is 0 Å². The van der Waals surface area contributed by atoms with Crippen LogP contribution in [0.3, 0.4) is 0 Å². The number of halogens is 1. The van der Waals surface area contributed by atoms with Gasteiger partial charge < -0.3 is 5.32 Å². The third-order valence-electron chi connectivity index (χ3n) is 5.24. The van der Waals surface area contributed by atoms with Crippen LogP contribution in [0.15, 0.2) is 108 Å². The van der Waals surface area contributed by atoms with Crippen LogP contribution in [0.25, 0.3) is 11.6 Å². The van der Waals surface area contributed by atoms with Crippen molar-refractivity contribution in [2.75, 3.05) is 10.0 Å². The number of anilines is 2. The van der Waals surface area contributed by atoms with Gasteiger partial charge in [0.15, 0.2) is 0 Å². The maximum Gasteiger partial charge on any atom is 0.270 e. The molecule has 0 bridgehead atoms. The molecule has 0 saturated carbocycles. The van der Waals surface area contributed by atoms with Crippen molar-refractivity contribution in [2.45, 2.75) is 4.90 Å². The molecule has 0 unspecified atom stereocenters.